The average molecular weight is 432 g/mol. The van der Waals surface area contributed by atoms with E-state index >= 15 is 0 Å². The summed E-state index contributed by atoms with van der Waals surface area (Å²) in [6.45, 7) is 7.95. The summed E-state index contributed by atoms with van der Waals surface area (Å²) < 4.78 is 33.2. The second kappa shape index (κ2) is 12.7. The molecule has 0 spiro atoms. The molecule has 2 atom stereocenters. The van der Waals surface area contributed by atoms with E-state index in [0.717, 1.165) is 38.5 Å². The van der Waals surface area contributed by atoms with Crippen LogP contribution in [0.4, 0.5) is 0 Å². The van der Waals surface area contributed by atoms with E-state index in [0.29, 0.717) is 12.8 Å². The molecule has 0 radical (unpaired) electrons. The van der Waals surface area contributed by atoms with Crippen LogP contribution in [-0.2, 0) is 18.2 Å². The molecule has 8 nitrogen and oxygen atoms in total. The quantitative estimate of drug-likeness (QED) is 0.195. The smallest absolute Gasteiger partial charge is 0.303 e. The molecular weight excluding hydrogens is 394 g/mol. The van der Waals surface area contributed by atoms with Crippen LogP contribution in [0.5, 0.6) is 0 Å². The third-order valence-corrected chi connectivity index (χ3v) is 6.00. The molecule has 0 saturated carbocycles. The van der Waals surface area contributed by atoms with Crippen molar-refractivity contribution in [3.63, 3.8) is 0 Å². The maximum absolute atomic E-state index is 11.6. The summed E-state index contributed by atoms with van der Waals surface area (Å²) in [5.41, 5.74) is 0. The molecule has 0 aromatic carbocycles. The van der Waals surface area contributed by atoms with Crippen molar-refractivity contribution in [2.45, 2.75) is 97.7 Å². The summed E-state index contributed by atoms with van der Waals surface area (Å²) in [6.07, 6.45) is 6.73. The molecule has 0 aliphatic carbocycles. The van der Waals surface area contributed by atoms with Gasteiger partial charge in [0.05, 0.1) is 0 Å². The van der Waals surface area contributed by atoms with E-state index in [9.17, 15) is 28.7 Å². The fraction of sp³-hybridized carbons (Fsp3) is 1.00. The lowest BCUT2D eigenvalue weighted by atomic mass is 9.85. The minimum atomic E-state index is -5.03. The first-order valence-electron chi connectivity index (χ1n) is 9.92. The van der Waals surface area contributed by atoms with Crippen LogP contribution in [-0.4, -0.2) is 25.4 Å². The standard InChI is InChI=1S/C17H38O8P2/c1-5-9-11-15(7-3)13-17(24-26(18,19)20,25-27(21,22)23)14-16(8-4)12-10-6-2/h15-16H,5-14H2,1-4H3,(H2,18,19,20)(H2,21,22,23). The van der Waals surface area contributed by atoms with Gasteiger partial charge in [-0.05, 0) is 11.8 Å². The zero-order valence-corrected chi connectivity index (χ0v) is 18.8. The largest absolute Gasteiger partial charge is 0.472 e. The van der Waals surface area contributed by atoms with Crippen molar-refractivity contribution >= 4 is 15.6 Å². The van der Waals surface area contributed by atoms with Crippen molar-refractivity contribution in [1.29, 1.82) is 0 Å². The third-order valence-electron chi connectivity index (χ3n) is 4.86. The Bertz CT molecular complexity index is 443. The molecule has 164 valence electrons. The number of rotatable bonds is 16. The Hall–Kier alpha value is 0.220. The van der Waals surface area contributed by atoms with Gasteiger partial charge in [0.2, 0.25) is 0 Å². The number of hydrogen-bond donors (Lipinski definition) is 4. The molecule has 0 fully saturated rings. The van der Waals surface area contributed by atoms with E-state index in [2.05, 4.69) is 0 Å². The van der Waals surface area contributed by atoms with Crippen molar-refractivity contribution < 1.29 is 37.8 Å². The first kappa shape index (κ1) is 27.2. The van der Waals surface area contributed by atoms with Gasteiger partial charge in [-0.3, -0.25) is 9.05 Å². The highest BCUT2D eigenvalue weighted by molar-refractivity contribution is 7.47. The molecule has 4 N–H and O–H groups in total. The Morgan fingerprint density at radius 3 is 1.30 bits per heavy atom. The van der Waals surface area contributed by atoms with Crippen LogP contribution in [0.1, 0.15) is 91.9 Å². The summed E-state index contributed by atoms with van der Waals surface area (Å²) in [5, 5.41) is 0. The highest BCUT2D eigenvalue weighted by Gasteiger charge is 2.46. The van der Waals surface area contributed by atoms with Crippen LogP contribution >= 0.6 is 15.6 Å². The SMILES string of the molecule is CCCCC(CC)CC(CC(CC)CCCC)(OP(=O)(O)O)OP(=O)(O)O. The summed E-state index contributed by atoms with van der Waals surface area (Å²) >= 11 is 0. The van der Waals surface area contributed by atoms with Crippen molar-refractivity contribution in [2.75, 3.05) is 0 Å². The predicted octanol–water partition coefficient (Wildman–Crippen LogP) is 5.11. The van der Waals surface area contributed by atoms with Gasteiger partial charge >= 0.3 is 15.6 Å². The highest BCUT2D eigenvalue weighted by Crippen LogP contribution is 2.54. The molecule has 10 heteroatoms. The number of unbranched alkanes of at least 4 members (excludes halogenated alkanes) is 2. The van der Waals surface area contributed by atoms with E-state index in [-0.39, 0.29) is 24.7 Å². The molecule has 0 aromatic heterocycles. The van der Waals surface area contributed by atoms with Crippen LogP contribution < -0.4 is 0 Å². The minimum absolute atomic E-state index is 0.0215. The maximum Gasteiger partial charge on any atom is 0.472 e. The molecule has 0 rings (SSSR count). The van der Waals surface area contributed by atoms with Gasteiger partial charge in [-0.2, -0.15) is 0 Å². The van der Waals surface area contributed by atoms with Crippen molar-refractivity contribution in [3.05, 3.63) is 0 Å². The second-order valence-corrected chi connectivity index (χ2v) is 9.64. The molecule has 0 aliphatic heterocycles. The van der Waals surface area contributed by atoms with Gasteiger partial charge in [0, 0.05) is 12.8 Å². The molecule has 27 heavy (non-hydrogen) atoms. The monoisotopic (exact) mass is 432 g/mol. The zero-order chi connectivity index (χ0) is 21.1. The van der Waals surface area contributed by atoms with Gasteiger partial charge in [-0.1, -0.05) is 79.1 Å². The topological polar surface area (TPSA) is 134 Å². The van der Waals surface area contributed by atoms with E-state index in [1.807, 2.05) is 27.7 Å². The van der Waals surface area contributed by atoms with E-state index in [1.54, 1.807) is 0 Å². The molecule has 0 bridgehead atoms. The Morgan fingerprint density at radius 2 is 1.07 bits per heavy atom. The molecule has 0 amide bonds. The maximum atomic E-state index is 11.6. The lowest BCUT2D eigenvalue weighted by Crippen LogP contribution is -2.38. The fourth-order valence-corrected chi connectivity index (χ4v) is 4.75. The Kier molecular flexibility index (Phi) is 12.8. The summed E-state index contributed by atoms with van der Waals surface area (Å²) in [6, 6.07) is 0. The molecule has 0 heterocycles. The third kappa shape index (κ3) is 13.1. The van der Waals surface area contributed by atoms with Crippen LogP contribution in [0.3, 0.4) is 0 Å². The van der Waals surface area contributed by atoms with Gasteiger partial charge in [-0.15, -0.1) is 0 Å². The summed E-state index contributed by atoms with van der Waals surface area (Å²) in [7, 11) is -10.1. The van der Waals surface area contributed by atoms with Crippen LogP contribution in [0.25, 0.3) is 0 Å². The summed E-state index contributed by atoms with van der Waals surface area (Å²) in [4.78, 5) is 37.7. The Balaban J connectivity index is 5.82. The predicted molar refractivity (Wildman–Crippen MR) is 105 cm³/mol. The van der Waals surface area contributed by atoms with E-state index in [4.69, 9.17) is 9.05 Å². The second-order valence-electron chi connectivity index (χ2n) is 7.32. The highest BCUT2D eigenvalue weighted by atomic mass is 31.2. The molecule has 2 unspecified atom stereocenters. The van der Waals surface area contributed by atoms with Crippen LogP contribution in [0.2, 0.25) is 0 Å². The Morgan fingerprint density at radius 1 is 0.741 bits per heavy atom. The average Bonchev–Trinajstić information content (AvgIpc) is 2.52. The lowest BCUT2D eigenvalue weighted by Gasteiger charge is -2.38. The lowest BCUT2D eigenvalue weighted by molar-refractivity contribution is -0.166. The normalized spacial score (nSPS) is 15.7. The minimum Gasteiger partial charge on any atom is -0.303 e. The number of hydrogen-bond acceptors (Lipinski definition) is 4. The van der Waals surface area contributed by atoms with Crippen LogP contribution in [0, 0.1) is 11.8 Å². The van der Waals surface area contributed by atoms with Gasteiger partial charge in [0.15, 0.2) is 5.79 Å². The zero-order valence-electron chi connectivity index (χ0n) is 17.0. The number of phosphoric acid groups is 2. The summed E-state index contributed by atoms with van der Waals surface area (Å²) in [5.74, 6) is -2.06. The van der Waals surface area contributed by atoms with Crippen molar-refractivity contribution in [2.24, 2.45) is 11.8 Å². The fourth-order valence-electron chi connectivity index (χ4n) is 3.45. The molecule has 0 aromatic rings. The first-order valence-corrected chi connectivity index (χ1v) is 13.0. The van der Waals surface area contributed by atoms with E-state index < -0.39 is 21.4 Å². The van der Waals surface area contributed by atoms with Gasteiger partial charge in [0.1, 0.15) is 0 Å². The van der Waals surface area contributed by atoms with Crippen LogP contribution in [0.15, 0.2) is 0 Å². The molecular formula is C17H38O8P2. The molecule has 0 saturated heterocycles. The first-order chi connectivity index (χ1) is 12.4. The Labute approximate surface area is 163 Å². The van der Waals surface area contributed by atoms with Crippen molar-refractivity contribution in [3.8, 4) is 0 Å². The molecule has 0 aliphatic rings. The van der Waals surface area contributed by atoms with Gasteiger partial charge < -0.3 is 19.6 Å². The van der Waals surface area contributed by atoms with Gasteiger partial charge in [0.25, 0.3) is 0 Å². The number of phosphoric ester groups is 2. The van der Waals surface area contributed by atoms with Crippen molar-refractivity contribution in [1.82, 2.24) is 0 Å². The van der Waals surface area contributed by atoms with Gasteiger partial charge in [-0.25, -0.2) is 9.13 Å². The van der Waals surface area contributed by atoms with E-state index in [1.165, 1.54) is 0 Å².